The van der Waals surface area contributed by atoms with Crippen LogP contribution in [-0.2, 0) is 26.2 Å². The highest BCUT2D eigenvalue weighted by Gasteiger charge is 2.48. The second kappa shape index (κ2) is 16.9. The minimum absolute atomic E-state index is 0.0104. The molecule has 0 radical (unpaired) electrons. The van der Waals surface area contributed by atoms with Crippen molar-refractivity contribution >= 4 is 41.2 Å². The summed E-state index contributed by atoms with van der Waals surface area (Å²) in [5, 5.41) is 23.1. The Balaban J connectivity index is 1.44. The molecule has 3 saturated carbocycles. The fourth-order valence-corrected chi connectivity index (χ4v) is 7.14. The van der Waals surface area contributed by atoms with Crippen LogP contribution in [0.25, 0.3) is 0 Å². The van der Waals surface area contributed by atoms with Gasteiger partial charge in [-0.25, -0.2) is 10.2 Å². The molecule has 1 aromatic rings. The number of hydrogen-bond acceptors (Lipinski definition) is 7. The fraction of sp³-hybridized carbons (Fsp3) is 0.735. The number of nitrogens with one attached hydrogen (secondary N) is 6. The van der Waals surface area contributed by atoms with Gasteiger partial charge in [-0.2, -0.15) is 10.2 Å². The van der Waals surface area contributed by atoms with Crippen molar-refractivity contribution in [3.05, 3.63) is 12.3 Å². The van der Waals surface area contributed by atoms with E-state index < -0.39 is 23.5 Å². The number of urea groups is 1. The normalized spacial score (nSPS) is 22.0. The van der Waals surface area contributed by atoms with Gasteiger partial charge in [-0.05, 0) is 82.0 Å². The maximum atomic E-state index is 13.9. The van der Waals surface area contributed by atoms with Gasteiger partial charge in [-0.3, -0.25) is 23.9 Å². The van der Waals surface area contributed by atoms with E-state index in [1.165, 1.54) is 0 Å². The van der Waals surface area contributed by atoms with E-state index in [9.17, 15) is 24.0 Å². The van der Waals surface area contributed by atoms with E-state index in [4.69, 9.17) is 0 Å². The number of hydrazone groups is 1. The molecule has 0 spiro atoms. The molecule has 1 unspecified atom stereocenters. The van der Waals surface area contributed by atoms with Gasteiger partial charge < -0.3 is 26.6 Å². The number of rotatable bonds is 15. The molecule has 14 nitrogen and oxygen atoms in total. The molecule has 1 aromatic heterocycles. The zero-order valence-electron chi connectivity index (χ0n) is 29.1. The Morgan fingerprint density at radius 1 is 1.00 bits per heavy atom. The summed E-state index contributed by atoms with van der Waals surface area (Å²) in [5.41, 5.74) is 1.26. The van der Waals surface area contributed by atoms with Gasteiger partial charge in [0, 0.05) is 44.7 Å². The first-order chi connectivity index (χ1) is 23.0. The molecule has 3 aliphatic carbocycles. The van der Waals surface area contributed by atoms with Gasteiger partial charge >= 0.3 is 6.03 Å². The van der Waals surface area contributed by atoms with Gasteiger partial charge in [-0.1, -0.05) is 33.6 Å². The van der Waals surface area contributed by atoms with Crippen LogP contribution in [0.15, 0.2) is 17.4 Å². The third kappa shape index (κ3) is 10.0. The number of amides is 6. The molecule has 6 N–H and O–H groups in total. The minimum Gasteiger partial charge on any atom is -0.356 e. The lowest BCUT2D eigenvalue weighted by molar-refractivity contribution is -0.131. The minimum atomic E-state index is -1.13. The number of carbonyl (C=O) groups is 5. The average molecular weight is 670 g/mol. The molecule has 0 aliphatic heterocycles. The Morgan fingerprint density at radius 3 is 2.29 bits per heavy atom. The summed E-state index contributed by atoms with van der Waals surface area (Å²) in [4.78, 5) is 65.4. The molecule has 0 saturated heterocycles. The van der Waals surface area contributed by atoms with Crippen molar-refractivity contribution in [1.29, 1.82) is 0 Å². The topological polar surface area (TPSA) is 188 Å². The van der Waals surface area contributed by atoms with E-state index in [1.54, 1.807) is 30.9 Å². The predicted molar refractivity (Wildman–Crippen MR) is 183 cm³/mol. The lowest BCUT2D eigenvalue weighted by atomic mass is 9.72. The zero-order chi connectivity index (χ0) is 34.7. The molecule has 48 heavy (non-hydrogen) atoms. The van der Waals surface area contributed by atoms with E-state index in [0.29, 0.717) is 38.2 Å². The summed E-state index contributed by atoms with van der Waals surface area (Å²) in [6, 6.07) is 0.314. The lowest BCUT2D eigenvalue weighted by Gasteiger charge is -2.43. The largest absolute Gasteiger partial charge is 0.356 e. The third-order valence-corrected chi connectivity index (χ3v) is 10.3. The summed E-state index contributed by atoms with van der Waals surface area (Å²) in [5.74, 6) is -0.519. The van der Waals surface area contributed by atoms with E-state index in [1.807, 2.05) is 6.92 Å². The molecule has 1 atom stereocenters. The van der Waals surface area contributed by atoms with Crippen LogP contribution in [0.2, 0.25) is 0 Å². The SMILES string of the molecule is CCCNC(=O)C1CCC(CNC(=O)NN=C(C(=O)Nc2ccn(C)n2)C2(NC(=O)C(CC3(C)CCCC3)NC(=O)CC)CCC2)CC1. The molecular formula is C34H55N9O5. The second-order valence-electron chi connectivity index (χ2n) is 14.2. The van der Waals surface area contributed by atoms with Crippen molar-refractivity contribution in [1.82, 2.24) is 36.5 Å². The number of nitrogens with zero attached hydrogens (tertiary/aromatic N) is 3. The van der Waals surface area contributed by atoms with Gasteiger partial charge in [-0.15, -0.1) is 0 Å². The number of hydrogen-bond donors (Lipinski definition) is 6. The number of anilines is 1. The van der Waals surface area contributed by atoms with Crippen LogP contribution in [0.4, 0.5) is 10.6 Å². The van der Waals surface area contributed by atoms with Crippen LogP contribution in [0.5, 0.6) is 0 Å². The Bertz CT molecular complexity index is 1320. The number of aromatic nitrogens is 2. The number of carbonyl (C=O) groups excluding carboxylic acids is 5. The van der Waals surface area contributed by atoms with E-state index in [-0.39, 0.29) is 47.1 Å². The van der Waals surface area contributed by atoms with Crippen LogP contribution < -0.4 is 32.0 Å². The Hall–Kier alpha value is -3.97. The maximum Gasteiger partial charge on any atom is 0.335 e. The van der Waals surface area contributed by atoms with E-state index in [2.05, 4.69) is 49.1 Å². The van der Waals surface area contributed by atoms with Crippen molar-refractivity contribution in [2.24, 2.45) is 29.4 Å². The smallest absolute Gasteiger partial charge is 0.335 e. The van der Waals surface area contributed by atoms with Crippen LogP contribution in [0, 0.1) is 17.3 Å². The molecule has 3 aliphatic rings. The second-order valence-corrected chi connectivity index (χ2v) is 14.2. The molecular weight excluding hydrogens is 614 g/mol. The first kappa shape index (κ1) is 36.9. The molecule has 266 valence electrons. The first-order valence-corrected chi connectivity index (χ1v) is 17.8. The first-order valence-electron chi connectivity index (χ1n) is 17.8. The van der Waals surface area contributed by atoms with Gasteiger partial charge in [0.25, 0.3) is 5.91 Å². The zero-order valence-corrected chi connectivity index (χ0v) is 29.1. The Labute approximate surface area is 283 Å². The van der Waals surface area contributed by atoms with Crippen molar-refractivity contribution in [2.75, 3.05) is 18.4 Å². The highest BCUT2D eigenvalue weighted by molar-refractivity contribution is 6.46. The standard InChI is InChI=1S/C34H55N9O5/c1-5-19-35-29(45)24-12-10-23(11-13-24)22-36-32(48)41-40-28(31(47)38-26-14-20-43(4)42-26)34(17-9-18-34)39-30(46)25(37-27(44)6-2)21-33(3)15-7-8-16-33/h14,20,23-25H,5-13,15-19,21-22H2,1-4H3,(H,35,45)(H,37,44)(H,39,46)(H2,36,41,48)(H,38,42,47). The maximum absolute atomic E-state index is 13.9. The quantitative estimate of drug-likeness (QED) is 0.123. The van der Waals surface area contributed by atoms with Crippen LogP contribution in [0.3, 0.4) is 0 Å². The Morgan fingerprint density at radius 2 is 1.71 bits per heavy atom. The van der Waals surface area contributed by atoms with Gasteiger partial charge in [0.05, 0.1) is 5.54 Å². The van der Waals surface area contributed by atoms with Crippen LogP contribution in [0.1, 0.15) is 111 Å². The molecule has 3 fully saturated rings. The fourth-order valence-electron chi connectivity index (χ4n) is 7.14. The highest BCUT2D eigenvalue weighted by Crippen LogP contribution is 2.42. The summed E-state index contributed by atoms with van der Waals surface area (Å²) in [6.07, 6.45) is 12.3. The van der Waals surface area contributed by atoms with Gasteiger partial charge in [0.1, 0.15) is 6.04 Å². The molecule has 0 aromatic carbocycles. The van der Waals surface area contributed by atoms with Crippen LogP contribution >= 0.6 is 0 Å². The average Bonchev–Trinajstić information content (AvgIpc) is 3.67. The molecule has 1 heterocycles. The lowest BCUT2D eigenvalue weighted by Crippen LogP contribution is -2.65. The summed E-state index contributed by atoms with van der Waals surface area (Å²) >= 11 is 0. The summed E-state index contributed by atoms with van der Waals surface area (Å²) in [7, 11) is 1.73. The molecule has 4 rings (SSSR count). The summed E-state index contributed by atoms with van der Waals surface area (Å²) in [6.45, 7) is 7.03. The van der Waals surface area contributed by atoms with Crippen molar-refractivity contribution < 1.29 is 24.0 Å². The van der Waals surface area contributed by atoms with E-state index in [0.717, 1.165) is 64.2 Å². The summed E-state index contributed by atoms with van der Waals surface area (Å²) < 4.78 is 1.55. The van der Waals surface area contributed by atoms with Crippen molar-refractivity contribution in [3.8, 4) is 0 Å². The Kier molecular flexibility index (Phi) is 13.0. The van der Waals surface area contributed by atoms with E-state index >= 15 is 0 Å². The molecule has 14 heteroatoms. The van der Waals surface area contributed by atoms with Crippen molar-refractivity contribution in [2.45, 2.75) is 122 Å². The van der Waals surface area contributed by atoms with Gasteiger partial charge in [0.2, 0.25) is 17.7 Å². The van der Waals surface area contributed by atoms with Crippen LogP contribution in [-0.4, -0.2) is 69.8 Å². The predicted octanol–water partition coefficient (Wildman–Crippen LogP) is 3.25. The monoisotopic (exact) mass is 669 g/mol. The van der Waals surface area contributed by atoms with Crippen molar-refractivity contribution in [3.63, 3.8) is 0 Å². The third-order valence-electron chi connectivity index (χ3n) is 10.3. The highest BCUT2D eigenvalue weighted by atomic mass is 16.2. The molecule has 6 amide bonds. The van der Waals surface area contributed by atoms with Gasteiger partial charge in [0.15, 0.2) is 11.5 Å². The molecule has 0 bridgehead atoms. The number of aryl methyl sites for hydroxylation is 1.